The number of piperidine rings is 1. The fourth-order valence-corrected chi connectivity index (χ4v) is 3.10. The van der Waals surface area contributed by atoms with E-state index in [-0.39, 0.29) is 5.92 Å². The van der Waals surface area contributed by atoms with Crippen molar-refractivity contribution in [3.8, 4) is 0 Å². The summed E-state index contributed by atoms with van der Waals surface area (Å²) in [6.07, 6.45) is 3.63. The Balaban J connectivity index is 1.63. The molecule has 1 saturated heterocycles. The molecule has 0 aliphatic carbocycles. The van der Waals surface area contributed by atoms with Gasteiger partial charge in [0.2, 0.25) is 5.89 Å². The van der Waals surface area contributed by atoms with Crippen LogP contribution in [0.4, 0.5) is 11.8 Å². The Kier molecular flexibility index (Phi) is 3.55. The van der Waals surface area contributed by atoms with Gasteiger partial charge in [0.05, 0.1) is 5.92 Å². The first-order valence-electron chi connectivity index (χ1n) is 8.05. The normalized spacial score (nSPS) is 18.3. The van der Waals surface area contributed by atoms with Crippen molar-refractivity contribution in [3.63, 3.8) is 0 Å². The monoisotopic (exact) mass is 328 g/mol. The summed E-state index contributed by atoms with van der Waals surface area (Å²) in [6.45, 7) is 3.75. The maximum Gasteiger partial charge on any atom is 0.265 e. The Morgan fingerprint density at radius 1 is 1.29 bits per heavy atom. The molecule has 4 rings (SSSR count). The molecule has 24 heavy (non-hydrogen) atoms. The number of hydrogen-bond acceptors (Lipinski definition) is 8. The molecule has 0 saturated carbocycles. The fourth-order valence-electron chi connectivity index (χ4n) is 3.10. The number of aryl methyl sites for hydroxylation is 1. The van der Waals surface area contributed by atoms with Gasteiger partial charge in [0.1, 0.15) is 12.1 Å². The van der Waals surface area contributed by atoms with Crippen LogP contribution in [0.25, 0.3) is 5.78 Å². The van der Waals surface area contributed by atoms with Gasteiger partial charge in [-0.2, -0.15) is 19.6 Å². The summed E-state index contributed by atoms with van der Waals surface area (Å²) in [5.74, 6) is 3.16. The molecule has 0 N–H and O–H groups in total. The molecule has 0 bridgehead atoms. The van der Waals surface area contributed by atoms with Gasteiger partial charge in [0, 0.05) is 38.9 Å². The zero-order valence-corrected chi connectivity index (χ0v) is 14.0. The van der Waals surface area contributed by atoms with Gasteiger partial charge in [-0.1, -0.05) is 0 Å². The second kappa shape index (κ2) is 5.73. The van der Waals surface area contributed by atoms with Crippen LogP contribution in [0.3, 0.4) is 0 Å². The molecule has 9 heteroatoms. The molecule has 0 amide bonds. The first kappa shape index (κ1) is 14.9. The Morgan fingerprint density at radius 2 is 2.17 bits per heavy atom. The third-order valence-electron chi connectivity index (χ3n) is 4.29. The summed E-state index contributed by atoms with van der Waals surface area (Å²) in [5.41, 5.74) is 0.931. The van der Waals surface area contributed by atoms with E-state index in [1.807, 2.05) is 32.0 Å². The molecule has 0 spiro atoms. The van der Waals surface area contributed by atoms with Gasteiger partial charge in [-0.25, -0.2) is 4.98 Å². The minimum atomic E-state index is 0.215. The van der Waals surface area contributed by atoms with Gasteiger partial charge in [-0.05, 0) is 24.9 Å². The minimum absolute atomic E-state index is 0.215. The van der Waals surface area contributed by atoms with Crippen molar-refractivity contribution in [2.45, 2.75) is 25.7 Å². The molecule has 1 aliphatic rings. The first-order valence-corrected chi connectivity index (χ1v) is 8.05. The lowest BCUT2D eigenvalue weighted by Crippen LogP contribution is -2.36. The predicted molar refractivity (Wildman–Crippen MR) is 88.3 cm³/mol. The van der Waals surface area contributed by atoms with Gasteiger partial charge < -0.3 is 14.3 Å². The van der Waals surface area contributed by atoms with Crippen LogP contribution in [-0.4, -0.2) is 56.9 Å². The third-order valence-corrected chi connectivity index (χ3v) is 4.29. The van der Waals surface area contributed by atoms with Gasteiger partial charge in [-0.3, -0.25) is 0 Å². The summed E-state index contributed by atoms with van der Waals surface area (Å²) in [7, 11) is 3.81. The van der Waals surface area contributed by atoms with Crippen LogP contribution >= 0.6 is 0 Å². The van der Waals surface area contributed by atoms with Crippen LogP contribution in [0, 0.1) is 6.92 Å². The first-order chi connectivity index (χ1) is 11.6. The van der Waals surface area contributed by atoms with Crippen LogP contribution in [0.5, 0.6) is 0 Å². The number of fused-ring (bicyclic) bond motifs is 1. The topological polar surface area (TPSA) is 88.5 Å². The quantitative estimate of drug-likeness (QED) is 0.710. The van der Waals surface area contributed by atoms with E-state index in [2.05, 4.69) is 30.1 Å². The number of hydrogen-bond donors (Lipinski definition) is 0. The number of anilines is 2. The molecular weight excluding hydrogens is 308 g/mol. The summed E-state index contributed by atoms with van der Waals surface area (Å²) in [4.78, 5) is 17.3. The molecule has 0 radical (unpaired) electrons. The minimum Gasteiger partial charge on any atom is -0.356 e. The van der Waals surface area contributed by atoms with E-state index in [0.717, 1.165) is 37.4 Å². The highest BCUT2D eigenvalue weighted by Gasteiger charge is 2.28. The average Bonchev–Trinajstić information content (AvgIpc) is 3.23. The van der Waals surface area contributed by atoms with Gasteiger partial charge in [0.25, 0.3) is 11.7 Å². The van der Waals surface area contributed by atoms with Crippen LogP contribution < -0.4 is 9.80 Å². The van der Waals surface area contributed by atoms with E-state index in [1.54, 1.807) is 4.52 Å². The molecule has 126 valence electrons. The Bertz CT molecular complexity index is 854. The van der Waals surface area contributed by atoms with E-state index in [4.69, 9.17) is 4.52 Å². The molecule has 9 nitrogen and oxygen atoms in total. The Morgan fingerprint density at radius 3 is 2.96 bits per heavy atom. The third kappa shape index (κ3) is 2.55. The summed E-state index contributed by atoms with van der Waals surface area (Å²) < 4.78 is 7.26. The van der Waals surface area contributed by atoms with Crippen molar-refractivity contribution in [1.82, 2.24) is 29.7 Å². The lowest BCUT2D eigenvalue weighted by atomic mass is 9.98. The van der Waals surface area contributed by atoms with Gasteiger partial charge >= 0.3 is 0 Å². The van der Waals surface area contributed by atoms with E-state index < -0.39 is 0 Å². The second-order valence-corrected chi connectivity index (χ2v) is 6.34. The standard InChI is InChI=1S/C15H20N8O/c1-10-7-12(23-14(18-10)16-9-17-23)22-6-4-5-11(8-22)13-19-15(20-24-13)21(2)3/h7,9,11H,4-6,8H2,1-3H3. The largest absolute Gasteiger partial charge is 0.356 e. The van der Waals surface area contributed by atoms with E-state index in [0.29, 0.717) is 17.6 Å². The molecule has 3 aromatic heterocycles. The SMILES string of the molecule is Cc1cc(N2CCCC(c3nc(N(C)C)no3)C2)n2ncnc2n1. The lowest BCUT2D eigenvalue weighted by Gasteiger charge is -2.32. The highest BCUT2D eigenvalue weighted by molar-refractivity contribution is 5.47. The molecule has 4 heterocycles. The van der Waals surface area contributed by atoms with Crippen molar-refractivity contribution in [1.29, 1.82) is 0 Å². The van der Waals surface area contributed by atoms with Crippen molar-refractivity contribution >= 4 is 17.5 Å². The van der Waals surface area contributed by atoms with E-state index >= 15 is 0 Å². The van der Waals surface area contributed by atoms with Crippen LogP contribution in [0.1, 0.15) is 30.3 Å². The smallest absolute Gasteiger partial charge is 0.265 e. The highest BCUT2D eigenvalue weighted by atomic mass is 16.5. The number of nitrogens with zero attached hydrogens (tertiary/aromatic N) is 8. The number of rotatable bonds is 3. The molecule has 0 aromatic carbocycles. The second-order valence-electron chi connectivity index (χ2n) is 6.34. The van der Waals surface area contributed by atoms with Crippen LogP contribution in [-0.2, 0) is 0 Å². The molecule has 1 aliphatic heterocycles. The van der Waals surface area contributed by atoms with Crippen molar-refractivity contribution < 1.29 is 4.52 Å². The average molecular weight is 328 g/mol. The Hall–Kier alpha value is -2.71. The lowest BCUT2D eigenvalue weighted by molar-refractivity contribution is 0.332. The maximum atomic E-state index is 5.47. The van der Waals surface area contributed by atoms with Crippen LogP contribution in [0.2, 0.25) is 0 Å². The molecule has 3 aromatic rings. The summed E-state index contributed by atoms with van der Waals surface area (Å²) in [6, 6.07) is 2.04. The molecular formula is C15H20N8O. The van der Waals surface area contributed by atoms with E-state index in [9.17, 15) is 0 Å². The zero-order valence-electron chi connectivity index (χ0n) is 14.0. The maximum absolute atomic E-state index is 5.47. The van der Waals surface area contributed by atoms with Crippen molar-refractivity contribution in [2.24, 2.45) is 0 Å². The summed E-state index contributed by atoms with van der Waals surface area (Å²) >= 11 is 0. The van der Waals surface area contributed by atoms with Crippen LogP contribution in [0.15, 0.2) is 16.9 Å². The van der Waals surface area contributed by atoms with Gasteiger partial charge in [-0.15, -0.1) is 0 Å². The van der Waals surface area contributed by atoms with Crippen molar-refractivity contribution in [2.75, 3.05) is 37.0 Å². The molecule has 1 atom stereocenters. The Labute approximate surface area is 139 Å². The van der Waals surface area contributed by atoms with E-state index in [1.165, 1.54) is 6.33 Å². The highest BCUT2D eigenvalue weighted by Crippen LogP contribution is 2.30. The number of aromatic nitrogens is 6. The zero-order chi connectivity index (χ0) is 16.7. The molecule has 1 fully saturated rings. The predicted octanol–water partition coefficient (Wildman–Crippen LogP) is 1.27. The summed E-state index contributed by atoms with van der Waals surface area (Å²) in [5, 5.41) is 8.33. The van der Waals surface area contributed by atoms with Gasteiger partial charge in [0.15, 0.2) is 0 Å². The fraction of sp³-hybridized carbons (Fsp3) is 0.533. The molecule has 1 unspecified atom stereocenters. The van der Waals surface area contributed by atoms with Crippen molar-refractivity contribution in [3.05, 3.63) is 24.0 Å².